The SMILES string of the molecule is O=C(N=Cc1ccc([N+](=O)[O-])o1)c1ccc([N+](=O)[O-])o1. The monoisotopic (exact) mass is 279 g/mol. The van der Waals surface area contributed by atoms with E-state index in [1.807, 2.05) is 0 Å². The summed E-state index contributed by atoms with van der Waals surface area (Å²) in [6, 6.07) is 4.46. The van der Waals surface area contributed by atoms with Crippen LogP contribution in [0.5, 0.6) is 0 Å². The average Bonchev–Trinajstić information content (AvgIpc) is 3.05. The first-order chi connectivity index (χ1) is 9.47. The van der Waals surface area contributed by atoms with Gasteiger partial charge >= 0.3 is 17.7 Å². The molecular weight excluding hydrogens is 274 g/mol. The summed E-state index contributed by atoms with van der Waals surface area (Å²) in [4.78, 5) is 34.1. The second-order valence-electron chi connectivity index (χ2n) is 3.39. The topological polar surface area (TPSA) is 142 Å². The highest BCUT2D eigenvalue weighted by Crippen LogP contribution is 2.17. The highest BCUT2D eigenvalue weighted by Gasteiger charge is 2.17. The number of furan rings is 2. The standard InChI is InChI=1S/C10H5N3O7/c14-10(7-2-4-9(20-7)13(17)18)11-5-6-1-3-8(19-6)12(15)16/h1-5H. The Morgan fingerprint density at radius 2 is 1.65 bits per heavy atom. The van der Waals surface area contributed by atoms with Crippen molar-refractivity contribution < 1.29 is 23.5 Å². The number of aliphatic imine (C=N–C) groups is 1. The Balaban J connectivity index is 2.11. The zero-order chi connectivity index (χ0) is 14.7. The molecule has 2 heterocycles. The molecule has 0 bridgehead atoms. The molecule has 0 radical (unpaired) electrons. The lowest BCUT2D eigenvalue weighted by Crippen LogP contribution is -1.93. The van der Waals surface area contributed by atoms with Crippen LogP contribution in [-0.2, 0) is 0 Å². The van der Waals surface area contributed by atoms with Crippen molar-refractivity contribution in [3.63, 3.8) is 0 Å². The van der Waals surface area contributed by atoms with Crippen LogP contribution < -0.4 is 0 Å². The van der Waals surface area contributed by atoms with E-state index in [0.717, 1.165) is 24.4 Å². The maximum atomic E-state index is 11.5. The molecule has 20 heavy (non-hydrogen) atoms. The predicted molar refractivity (Wildman–Crippen MR) is 62.6 cm³/mol. The summed E-state index contributed by atoms with van der Waals surface area (Å²) in [6.45, 7) is 0. The summed E-state index contributed by atoms with van der Waals surface area (Å²) >= 11 is 0. The van der Waals surface area contributed by atoms with Gasteiger partial charge in [0.1, 0.15) is 9.85 Å². The maximum absolute atomic E-state index is 11.5. The highest BCUT2D eigenvalue weighted by molar-refractivity contribution is 5.99. The molecule has 2 rings (SSSR count). The summed E-state index contributed by atoms with van der Waals surface area (Å²) < 4.78 is 9.37. The molecule has 102 valence electrons. The fourth-order valence-electron chi connectivity index (χ4n) is 1.24. The third-order valence-electron chi connectivity index (χ3n) is 2.08. The summed E-state index contributed by atoms with van der Waals surface area (Å²) in [5.74, 6) is -2.29. The first-order valence-electron chi connectivity index (χ1n) is 5.04. The number of amides is 1. The number of hydrogen-bond donors (Lipinski definition) is 0. The van der Waals surface area contributed by atoms with Crippen LogP contribution in [0.2, 0.25) is 0 Å². The zero-order valence-corrected chi connectivity index (χ0v) is 9.59. The number of rotatable bonds is 4. The molecule has 0 aliphatic heterocycles. The Kier molecular flexibility index (Phi) is 3.37. The van der Waals surface area contributed by atoms with Crippen molar-refractivity contribution in [2.24, 2.45) is 4.99 Å². The van der Waals surface area contributed by atoms with E-state index in [2.05, 4.69) is 9.41 Å². The summed E-state index contributed by atoms with van der Waals surface area (Å²) in [7, 11) is 0. The van der Waals surface area contributed by atoms with Gasteiger partial charge in [-0.05, 0) is 12.1 Å². The van der Waals surface area contributed by atoms with Crippen molar-refractivity contribution in [2.75, 3.05) is 0 Å². The molecule has 0 aliphatic rings. The second-order valence-corrected chi connectivity index (χ2v) is 3.39. The molecule has 0 spiro atoms. The minimum atomic E-state index is -0.878. The Morgan fingerprint density at radius 3 is 2.20 bits per heavy atom. The maximum Gasteiger partial charge on any atom is 0.433 e. The Bertz CT molecular complexity index is 712. The molecule has 0 atom stereocenters. The summed E-state index contributed by atoms with van der Waals surface area (Å²) in [5, 5.41) is 20.7. The third-order valence-corrected chi connectivity index (χ3v) is 2.08. The van der Waals surface area contributed by atoms with E-state index in [1.54, 1.807) is 0 Å². The van der Waals surface area contributed by atoms with Gasteiger partial charge in [0, 0.05) is 0 Å². The van der Waals surface area contributed by atoms with Gasteiger partial charge in [0.25, 0.3) is 0 Å². The molecule has 2 aromatic rings. The molecule has 10 heteroatoms. The molecular formula is C10H5N3O7. The highest BCUT2D eigenvalue weighted by atomic mass is 16.7. The first-order valence-corrected chi connectivity index (χ1v) is 5.04. The van der Waals surface area contributed by atoms with Crippen molar-refractivity contribution >= 4 is 23.9 Å². The van der Waals surface area contributed by atoms with E-state index in [1.165, 1.54) is 6.07 Å². The molecule has 0 unspecified atom stereocenters. The van der Waals surface area contributed by atoms with Gasteiger partial charge in [-0.25, -0.2) is 4.99 Å². The van der Waals surface area contributed by atoms with Crippen LogP contribution in [0.25, 0.3) is 0 Å². The molecule has 0 N–H and O–H groups in total. The number of carbonyl (C=O) groups is 1. The average molecular weight is 279 g/mol. The quantitative estimate of drug-likeness (QED) is 0.472. The van der Waals surface area contributed by atoms with Gasteiger partial charge in [0.05, 0.1) is 18.3 Å². The van der Waals surface area contributed by atoms with Crippen LogP contribution in [0.3, 0.4) is 0 Å². The van der Waals surface area contributed by atoms with Gasteiger partial charge in [0.15, 0.2) is 5.76 Å². The number of hydrogen-bond acceptors (Lipinski definition) is 7. The summed E-state index contributed by atoms with van der Waals surface area (Å²) in [6.07, 6.45) is 0.948. The van der Waals surface area contributed by atoms with Crippen LogP contribution in [0.1, 0.15) is 16.3 Å². The summed E-state index contributed by atoms with van der Waals surface area (Å²) in [5.41, 5.74) is 0. The van der Waals surface area contributed by atoms with E-state index >= 15 is 0 Å². The molecule has 2 aromatic heterocycles. The lowest BCUT2D eigenvalue weighted by molar-refractivity contribution is -0.402. The van der Waals surface area contributed by atoms with Crippen LogP contribution >= 0.6 is 0 Å². The lowest BCUT2D eigenvalue weighted by Gasteiger charge is -1.87. The minimum absolute atomic E-state index is 0.00824. The lowest BCUT2D eigenvalue weighted by atomic mass is 10.4. The molecule has 0 saturated carbocycles. The van der Waals surface area contributed by atoms with Crippen molar-refractivity contribution in [3.05, 3.63) is 56.0 Å². The second kappa shape index (κ2) is 5.14. The molecule has 0 aliphatic carbocycles. The Labute approximate surface area is 109 Å². The fraction of sp³-hybridized carbons (Fsp3) is 0. The fourth-order valence-corrected chi connectivity index (χ4v) is 1.24. The van der Waals surface area contributed by atoms with Crippen LogP contribution in [-0.4, -0.2) is 22.0 Å². The van der Waals surface area contributed by atoms with Gasteiger partial charge in [-0.15, -0.1) is 0 Å². The van der Waals surface area contributed by atoms with Gasteiger partial charge < -0.3 is 8.83 Å². The van der Waals surface area contributed by atoms with Crippen molar-refractivity contribution in [1.29, 1.82) is 0 Å². The van der Waals surface area contributed by atoms with Gasteiger partial charge in [-0.2, -0.15) is 0 Å². The predicted octanol–water partition coefficient (Wildman–Crippen LogP) is 1.95. The van der Waals surface area contributed by atoms with Gasteiger partial charge in [-0.1, -0.05) is 0 Å². The Morgan fingerprint density at radius 1 is 1.05 bits per heavy atom. The van der Waals surface area contributed by atoms with Crippen LogP contribution in [0.15, 0.2) is 38.1 Å². The van der Waals surface area contributed by atoms with Crippen molar-refractivity contribution in [3.8, 4) is 0 Å². The smallest absolute Gasteiger partial charge is 0.400 e. The Hall–Kier alpha value is -3.30. The van der Waals surface area contributed by atoms with Crippen LogP contribution in [0.4, 0.5) is 11.8 Å². The van der Waals surface area contributed by atoms with Crippen LogP contribution in [0, 0.1) is 20.2 Å². The number of nitrogens with zero attached hydrogens (tertiary/aromatic N) is 3. The molecule has 0 saturated heterocycles. The van der Waals surface area contributed by atoms with Gasteiger partial charge in [0.2, 0.25) is 5.76 Å². The largest absolute Gasteiger partial charge is 0.433 e. The van der Waals surface area contributed by atoms with E-state index in [-0.39, 0.29) is 11.5 Å². The van der Waals surface area contributed by atoms with E-state index in [9.17, 15) is 25.0 Å². The molecule has 10 nitrogen and oxygen atoms in total. The molecule has 0 fully saturated rings. The molecule has 1 amide bonds. The minimum Gasteiger partial charge on any atom is -0.400 e. The molecule has 0 aromatic carbocycles. The third kappa shape index (κ3) is 2.75. The van der Waals surface area contributed by atoms with Gasteiger partial charge in [-0.3, -0.25) is 25.0 Å². The number of nitro groups is 2. The normalized spacial score (nSPS) is 10.8. The van der Waals surface area contributed by atoms with E-state index in [0.29, 0.717) is 0 Å². The first kappa shape index (κ1) is 13.1. The van der Waals surface area contributed by atoms with E-state index in [4.69, 9.17) is 4.42 Å². The zero-order valence-electron chi connectivity index (χ0n) is 9.59. The van der Waals surface area contributed by atoms with Crippen molar-refractivity contribution in [1.82, 2.24) is 0 Å². The van der Waals surface area contributed by atoms with Crippen molar-refractivity contribution in [2.45, 2.75) is 0 Å². The van der Waals surface area contributed by atoms with E-state index < -0.39 is 27.5 Å². The number of carbonyl (C=O) groups excluding carboxylic acids is 1.